The second-order valence-corrected chi connectivity index (χ2v) is 67.9. The van der Waals surface area contributed by atoms with Crippen molar-refractivity contribution in [3.63, 3.8) is 0 Å². The summed E-state index contributed by atoms with van der Waals surface area (Å²) in [4.78, 5) is 16.4. The molecular weight excluding hydrogens is 1140 g/mol. The minimum absolute atomic E-state index is 0.773. The van der Waals surface area contributed by atoms with Gasteiger partial charge in [-0.3, -0.25) is 0 Å². The van der Waals surface area contributed by atoms with Gasteiger partial charge < -0.3 is 26.1 Å². The van der Waals surface area contributed by atoms with E-state index in [9.17, 15) is 0 Å². The van der Waals surface area contributed by atoms with Gasteiger partial charge >= 0.3 is 34.2 Å². The molecule has 10 bridgehead atoms. The van der Waals surface area contributed by atoms with Crippen LogP contribution in [0.2, 0.25) is 122 Å². The van der Waals surface area contributed by atoms with Crippen molar-refractivity contribution < 1.29 is 26.1 Å². The maximum Gasteiger partial charge on any atom is 0.326 e. The third-order valence-corrected chi connectivity index (χ3v) is 43.6. The van der Waals surface area contributed by atoms with Crippen LogP contribution in [-0.2, 0) is 16.5 Å². The molecule has 5 saturated carbocycles. The first-order valence-electron chi connectivity index (χ1n) is 30.8. The van der Waals surface area contributed by atoms with E-state index in [-0.39, 0.29) is 0 Å². The molecule has 15 atom stereocenters. The Balaban J connectivity index is 0.000000217. The lowest BCUT2D eigenvalue weighted by Crippen LogP contribution is -2.60. The zero-order valence-electron chi connectivity index (χ0n) is 50.2. The Kier molecular flexibility index (Phi) is 22.2. The lowest BCUT2D eigenvalue weighted by Gasteiger charge is -2.44. The normalized spacial score (nSPS) is 35.2. The van der Waals surface area contributed by atoms with Gasteiger partial charge in [-0.2, -0.15) is 11.1 Å². The number of halogens is 3. The van der Waals surface area contributed by atoms with Crippen molar-refractivity contribution in [1.82, 2.24) is 0 Å². The molecule has 0 radical (unpaired) electrons. The highest BCUT2D eigenvalue weighted by atomic mass is 35.7. The highest BCUT2D eigenvalue weighted by Crippen LogP contribution is 2.51. The Morgan fingerprint density at radius 3 is 0.816 bits per heavy atom. The average molecular weight is 1250 g/mol. The van der Waals surface area contributed by atoms with Crippen LogP contribution in [0.1, 0.15) is 96.3 Å². The molecule has 0 aliphatic heterocycles. The van der Waals surface area contributed by atoms with E-state index in [1.54, 1.807) is 0 Å². The van der Waals surface area contributed by atoms with E-state index in [2.05, 4.69) is 133 Å². The molecule has 2 N–H and O–H groups in total. The number of fused-ring (bicyclic) bond motifs is 10. The quantitative estimate of drug-likeness (QED) is 0.0603. The highest BCUT2D eigenvalue weighted by Gasteiger charge is 2.50. The zero-order valence-corrected chi connectivity index (χ0v) is 60.5. The van der Waals surface area contributed by atoms with E-state index < -0.39 is 65.0 Å². The number of allylic oxidation sites excluding steroid dienone is 10. The fourth-order valence-electron chi connectivity index (χ4n) is 16.3. The van der Waals surface area contributed by atoms with Gasteiger partial charge in [-0.05, 0) is 268 Å². The van der Waals surface area contributed by atoms with Crippen molar-refractivity contribution in [2.75, 3.05) is 0 Å². The van der Waals surface area contributed by atoms with E-state index in [4.69, 9.17) is 59.3 Å². The first kappa shape index (κ1) is 64.6. The molecule has 0 saturated heterocycles. The summed E-state index contributed by atoms with van der Waals surface area (Å²) in [5.74, 6) is 12.9. The highest BCUT2D eigenvalue weighted by molar-refractivity contribution is 7.44. The van der Waals surface area contributed by atoms with Gasteiger partial charge in [-0.25, -0.2) is 0 Å². The fourth-order valence-corrected chi connectivity index (χ4v) is 44.4. The maximum atomic E-state index is 8.22. The number of hydrogen-bond acceptors (Lipinski definition) is 6. The fraction of sp³-hybridized carbons (Fsp3) is 0.831. The van der Waals surface area contributed by atoms with Crippen molar-refractivity contribution in [3.05, 3.63) is 60.8 Å². The first-order valence-corrected chi connectivity index (χ1v) is 57.0. The van der Waals surface area contributed by atoms with Crippen molar-refractivity contribution in [2.45, 2.75) is 218 Å². The lowest BCUT2D eigenvalue weighted by atomic mass is 9.91. The average Bonchev–Trinajstić information content (AvgIpc) is 4.13. The number of rotatable bonds is 23. The summed E-state index contributed by atoms with van der Waals surface area (Å²) in [7, 11) is -15.0. The third-order valence-electron chi connectivity index (χ3n) is 19.3. The van der Waals surface area contributed by atoms with Crippen LogP contribution < -0.4 is 0 Å². The molecule has 434 valence electrons. The Morgan fingerprint density at radius 1 is 0.342 bits per heavy atom. The second-order valence-electron chi connectivity index (χ2n) is 30.0. The van der Waals surface area contributed by atoms with Crippen molar-refractivity contribution in [3.8, 4) is 0 Å². The van der Waals surface area contributed by atoms with Gasteiger partial charge in [0.15, 0.2) is 24.0 Å². The molecule has 0 aromatic heterocycles. The molecule has 15 unspecified atom stereocenters. The van der Waals surface area contributed by atoms with Crippen LogP contribution in [-0.4, -0.2) is 74.5 Å². The van der Waals surface area contributed by atoms with E-state index in [1.807, 2.05) is 6.55 Å². The number of hydrogen-bond donors (Lipinski definition) is 2. The van der Waals surface area contributed by atoms with Crippen LogP contribution in [0.5, 0.6) is 0 Å². The van der Waals surface area contributed by atoms with Crippen LogP contribution in [0.4, 0.5) is 0 Å². The van der Waals surface area contributed by atoms with E-state index in [0.717, 1.165) is 101 Å². The van der Waals surface area contributed by atoms with Crippen LogP contribution in [0, 0.1) is 88.8 Å². The molecule has 0 aromatic carbocycles. The molecular formula is C59H109Cl3O6Si8. The van der Waals surface area contributed by atoms with Crippen LogP contribution in [0.15, 0.2) is 60.8 Å². The largest absolute Gasteiger partial charge is 0.436 e. The Labute approximate surface area is 488 Å². The summed E-state index contributed by atoms with van der Waals surface area (Å²) in [6.07, 6.45) is 45.1. The summed E-state index contributed by atoms with van der Waals surface area (Å²) in [5, 5.41) is 0. The Morgan fingerprint density at radius 2 is 0.592 bits per heavy atom. The second kappa shape index (κ2) is 26.1. The molecule has 0 aromatic rings. The Bertz CT molecular complexity index is 1930. The molecule has 0 heterocycles. The SMILES string of the molecule is C[Si](C)(CCC1CC2C=CC1C2)O[Si](C)(C)O[Si](C)(CCC1CC2C=CC1C2)O[Si](C)(C)O[Si](C)(C)CCC1CC2C=CC1C2.C[Si](C)(Cl)CCC1CC2C=CC1C2.C[Si](C)(O)O.C[Si](Cl)(Cl)CCC1CC2C=CC1C2. The monoisotopic (exact) mass is 1240 g/mol. The van der Waals surface area contributed by atoms with Gasteiger partial charge in [0.1, 0.15) is 0 Å². The van der Waals surface area contributed by atoms with Gasteiger partial charge in [0.25, 0.3) is 0 Å². The summed E-state index contributed by atoms with van der Waals surface area (Å²) in [5.41, 5.74) is 0. The third kappa shape index (κ3) is 21.0. The van der Waals surface area contributed by atoms with Crippen LogP contribution >= 0.6 is 33.2 Å². The minimum Gasteiger partial charge on any atom is -0.436 e. The standard InChI is InChI=1S/C36H66O4Si5.C11H19ClSi.C10H16Cl2Si.C2H8O2Si/c1-41(2,19-16-34-25-28-10-13-31(34)22-28)37-43(5,6)39-45(9,21-18-36-27-30-12-15-33(36)24-30)40-44(7,8)38-42(3,4)20-17-35-26-29-11-14-32(35)23-29;1-13(2,12)6-5-11-8-9-3-4-10(11)7-9;1-13(11,12)5-4-10-7-8-2-3-9(10)6-8;1-5(2,3)4/h10-15,28-36H,16-27H2,1-9H3;3-4,9-11H,5-8H2,1-2H3;2-3,8-10H,4-7H2,1H3;3-4H,1-2H3. The summed E-state index contributed by atoms with van der Waals surface area (Å²) in [6.45, 7) is 29.0. The molecule has 10 rings (SSSR count). The van der Waals surface area contributed by atoms with E-state index >= 15 is 0 Å². The smallest absolute Gasteiger partial charge is 0.326 e. The molecule has 0 spiro atoms. The van der Waals surface area contributed by atoms with Gasteiger partial charge in [0, 0.05) is 0 Å². The van der Waals surface area contributed by atoms with Crippen molar-refractivity contribution in [2.24, 2.45) is 88.8 Å². The minimum atomic E-state index is -2.61. The van der Waals surface area contributed by atoms with Crippen molar-refractivity contribution in [1.29, 1.82) is 0 Å². The predicted molar refractivity (Wildman–Crippen MR) is 346 cm³/mol. The molecule has 76 heavy (non-hydrogen) atoms. The van der Waals surface area contributed by atoms with Crippen LogP contribution in [0.25, 0.3) is 0 Å². The topological polar surface area (TPSA) is 77.4 Å². The molecule has 0 amide bonds. The molecule has 17 heteroatoms. The van der Waals surface area contributed by atoms with Crippen molar-refractivity contribution >= 4 is 98.2 Å². The van der Waals surface area contributed by atoms with Gasteiger partial charge in [0.05, 0.1) is 0 Å². The van der Waals surface area contributed by atoms with E-state index in [0.29, 0.717) is 0 Å². The zero-order chi connectivity index (χ0) is 55.7. The summed E-state index contributed by atoms with van der Waals surface area (Å²) >= 11 is 18.5. The van der Waals surface area contributed by atoms with Gasteiger partial charge in [-0.15, -0.1) is 22.2 Å². The molecule has 6 nitrogen and oxygen atoms in total. The maximum absolute atomic E-state index is 8.22. The first-order chi connectivity index (χ1) is 35.1. The molecule has 5 fully saturated rings. The lowest BCUT2D eigenvalue weighted by molar-refractivity contribution is 0.283. The van der Waals surface area contributed by atoms with Gasteiger partial charge in [-0.1, -0.05) is 99.5 Å². The molecule has 10 aliphatic rings. The Hall–Kier alpha value is 1.07. The van der Waals surface area contributed by atoms with Gasteiger partial charge in [0.2, 0.25) is 6.69 Å². The van der Waals surface area contributed by atoms with E-state index in [1.165, 1.54) is 128 Å². The van der Waals surface area contributed by atoms with Crippen LogP contribution in [0.3, 0.4) is 0 Å². The summed E-state index contributed by atoms with van der Waals surface area (Å²) in [6, 6.07) is 5.92. The predicted octanol–water partition coefficient (Wildman–Crippen LogP) is 18.6. The summed E-state index contributed by atoms with van der Waals surface area (Å²) < 4.78 is 29.0. The molecule has 10 aliphatic carbocycles.